The first-order chi connectivity index (χ1) is 7.38. The molecule has 2 aliphatic rings. The lowest BCUT2D eigenvalue weighted by molar-refractivity contribution is -0.0137. The van der Waals surface area contributed by atoms with E-state index in [0.29, 0.717) is 6.10 Å². The Morgan fingerprint density at radius 2 is 1.80 bits per heavy atom. The van der Waals surface area contributed by atoms with Crippen molar-refractivity contribution in [3.05, 3.63) is 0 Å². The Labute approximate surface area is 93.4 Å². The minimum Gasteiger partial charge on any atom is -0.377 e. The summed E-state index contributed by atoms with van der Waals surface area (Å²) in [5.41, 5.74) is 0. The van der Waals surface area contributed by atoms with Gasteiger partial charge in [0.25, 0.3) is 0 Å². The van der Waals surface area contributed by atoms with Crippen molar-refractivity contribution < 1.29 is 4.74 Å². The molecule has 0 radical (unpaired) electrons. The van der Waals surface area contributed by atoms with Crippen LogP contribution < -0.4 is 0 Å². The van der Waals surface area contributed by atoms with Crippen LogP contribution in [-0.4, -0.2) is 61.8 Å². The summed E-state index contributed by atoms with van der Waals surface area (Å²) in [7, 11) is 0. The highest BCUT2D eigenvalue weighted by Gasteiger charge is 2.20. The molecule has 0 aromatic heterocycles. The summed E-state index contributed by atoms with van der Waals surface area (Å²) in [5.74, 6) is 0. The van der Waals surface area contributed by atoms with E-state index in [1.54, 1.807) is 0 Å². The number of rotatable bonds is 3. The van der Waals surface area contributed by atoms with Gasteiger partial charge < -0.3 is 9.64 Å². The highest BCUT2D eigenvalue weighted by Crippen LogP contribution is 2.14. The van der Waals surface area contributed by atoms with Crippen LogP contribution in [0.2, 0.25) is 0 Å². The summed E-state index contributed by atoms with van der Waals surface area (Å²) in [6, 6.07) is 0. The fourth-order valence-electron chi connectivity index (χ4n) is 2.53. The van der Waals surface area contributed by atoms with Gasteiger partial charge in [-0.05, 0) is 25.8 Å². The lowest BCUT2D eigenvalue weighted by atomic mass is 10.1. The SMILES string of the molecule is CCN1CCN(CC2CCCCO2)CC1. The number of nitrogens with zero attached hydrogens (tertiary/aromatic N) is 2. The number of ether oxygens (including phenoxy) is 1. The maximum absolute atomic E-state index is 5.78. The highest BCUT2D eigenvalue weighted by atomic mass is 16.5. The summed E-state index contributed by atoms with van der Waals surface area (Å²) in [6.07, 6.45) is 4.42. The van der Waals surface area contributed by atoms with Crippen molar-refractivity contribution in [3.8, 4) is 0 Å². The first kappa shape index (κ1) is 11.4. The summed E-state index contributed by atoms with van der Waals surface area (Å²) in [6.45, 7) is 10.5. The third-order valence-electron chi connectivity index (χ3n) is 3.65. The molecule has 0 aliphatic carbocycles. The number of likely N-dealkylation sites (N-methyl/N-ethyl adjacent to an activating group) is 1. The van der Waals surface area contributed by atoms with Crippen LogP contribution in [0.15, 0.2) is 0 Å². The van der Waals surface area contributed by atoms with Gasteiger partial charge in [0.2, 0.25) is 0 Å². The Hall–Kier alpha value is -0.120. The topological polar surface area (TPSA) is 15.7 Å². The molecule has 2 fully saturated rings. The van der Waals surface area contributed by atoms with E-state index in [4.69, 9.17) is 4.74 Å². The lowest BCUT2D eigenvalue weighted by Gasteiger charge is -2.36. The van der Waals surface area contributed by atoms with Gasteiger partial charge in [-0.2, -0.15) is 0 Å². The van der Waals surface area contributed by atoms with Crippen LogP contribution >= 0.6 is 0 Å². The van der Waals surface area contributed by atoms with Gasteiger partial charge in [-0.3, -0.25) is 4.90 Å². The Morgan fingerprint density at radius 3 is 2.40 bits per heavy atom. The van der Waals surface area contributed by atoms with E-state index >= 15 is 0 Å². The standard InChI is InChI=1S/C12H24N2O/c1-2-13-6-8-14(9-7-13)11-12-5-3-4-10-15-12/h12H,2-11H2,1H3. The Morgan fingerprint density at radius 1 is 1.07 bits per heavy atom. The monoisotopic (exact) mass is 212 g/mol. The molecule has 0 N–H and O–H groups in total. The van der Waals surface area contributed by atoms with Gasteiger partial charge in [-0.1, -0.05) is 6.92 Å². The Balaban J connectivity index is 1.67. The molecule has 3 nitrogen and oxygen atoms in total. The van der Waals surface area contributed by atoms with E-state index in [2.05, 4.69) is 16.7 Å². The predicted octanol–water partition coefficient (Wildman–Crippen LogP) is 1.19. The number of piperazine rings is 1. The van der Waals surface area contributed by atoms with Gasteiger partial charge >= 0.3 is 0 Å². The van der Waals surface area contributed by atoms with Gasteiger partial charge in [0.15, 0.2) is 0 Å². The maximum atomic E-state index is 5.78. The van der Waals surface area contributed by atoms with Crippen LogP contribution in [0.4, 0.5) is 0 Å². The third-order valence-corrected chi connectivity index (χ3v) is 3.65. The molecule has 0 aromatic carbocycles. The van der Waals surface area contributed by atoms with Crippen molar-refractivity contribution in [2.24, 2.45) is 0 Å². The lowest BCUT2D eigenvalue weighted by Crippen LogP contribution is -2.48. The van der Waals surface area contributed by atoms with E-state index in [9.17, 15) is 0 Å². The van der Waals surface area contributed by atoms with E-state index in [0.717, 1.165) is 13.2 Å². The molecule has 1 unspecified atom stereocenters. The maximum Gasteiger partial charge on any atom is 0.0702 e. The second kappa shape index (κ2) is 5.83. The van der Waals surface area contributed by atoms with Gasteiger partial charge in [0, 0.05) is 39.3 Å². The molecule has 0 bridgehead atoms. The van der Waals surface area contributed by atoms with Crippen LogP contribution in [0.25, 0.3) is 0 Å². The highest BCUT2D eigenvalue weighted by molar-refractivity contribution is 4.75. The quantitative estimate of drug-likeness (QED) is 0.699. The van der Waals surface area contributed by atoms with Crippen LogP contribution in [0.5, 0.6) is 0 Å². The molecule has 15 heavy (non-hydrogen) atoms. The molecule has 1 atom stereocenters. The number of hydrogen-bond acceptors (Lipinski definition) is 3. The van der Waals surface area contributed by atoms with Gasteiger partial charge in [-0.15, -0.1) is 0 Å². The molecule has 2 heterocycles. The van der Waals surface area contributed by atoms with Crippen LogP contribution in [0.1, 0.15) is 26.2 Å². The average molecular weight is 212 g/mol. The van der Waals surface area contributed by atoms with E-state index < -0.39 is 0 Å². The summed E-state index contributed by atoms with van der Waals surface area (Å²) in [4.78, 5) is 5.10. The van der Waals surface area contributed by atoms with Crippen LogP contribution in [-0.2, 0) is 4.74 Å². The molecule has 2 aliphatic heterocycles. The molecule has 0 saturated carbocycles. The number of hydrogen-bond donors (Lipinski definition) is 0. The average Bonchev–Trinajstić information content (AvgIpc) is 2.31. The van der Waals surface area contributed by atoms with Crippen molar-refractivity contribution in [1.29, 1.82) is 0 Å². The first-order valence-electron chi connectivity index (χ1n) is 6.45. The fraction of sp³-hybridized carbons (Fsp3) is 1.00. The molecular formula is C12H24N2O. The smallest absolute Gasteiger partial charge is 0.0702 e. The van der Waals surface area contributed by atoms with Gasteiger partial charge in [0.1, 0.15) is 0 Å². The zero-order valence-electron chi connectivity index (χ0n) is 9.95. The first-order valence-corrected chi connectivity index (χ1v) is 6.45. The van der Waals surface area contributed by atoms with Crippen LogP contribution in [0.3, 0.4) is 0 Å². The predicted molar refractivity (Wildman–Crippen MR) is 62.1 cm³/mol. The molecule has 2 rings (SSSR count). The van der Waals surface area contributed by atoms with Crippen molar-refractivity contribution in [1.82, 2.24) is 9.80 Å². The summed E-state index contributed by atoms with van der Waals surface area (Å²) in [5, 5.41) is 0. The summed E-state index contributed by atoms with van der Waals surface area (Å²) >= 11 is 0. The molecule has 2 saturated heterocycles. The second-order valence-electron chi connectivity index (χ2n) is 4.72. The van der Waals surface area contributed by atoms with Crippen molar-refractivity contribution >= 4 is 0 Å². The largest absolute Gasteiger partial charge is 0.377 e. The van der Waals surface area contributed by atoms with Crippen molar-refractivity contribution in [2.45, 2.75) is 32.3 Å². The molecule has 3 heteroatoms. The molecule has 88 valence electrons. The Kier molecular flexibility index (Phi) is 4.42. The molecular weight excluding hydrogens is 188 g/mol. The minimum atomic E-state index is 0.520. The van der Waals surface area contributed by atoms with Gasteiger partial charge in [0.05, 0.1) is 6.10 Å². The second-order valence-corrected chi connectivity index (χ2v) is 4.72. The third kappa shape index (κ3) is 3.44. The minimum absolute atomic E-state index is 0.520. The zero-order valence-corrected chi connectivity index (χ0v) is 9.95. The Bertz CT molecular complexity index is 172. The van der Waals surface area contributed by atoms with Crippen LogP contribution in [0, 0.1) is 0 Å². The van der Waals surface area contributed by atoms with Crippen molar-refractivity contribution in [3.63, 3.8) is 0 Å². The van der Waals surface area contributed by atoms with Crippen molar-refractivity contribution in [2.75, 3.05) is 45.9 Å². The molecule has 0 spiro atoms. The zero-order chi connectivity index (χ0) is 10.5. The van der Waals surface area contributed by atoms with Gasteiger partial charge in [-0.25, -0.2) is 0 Å². The summed E-state index contributed by atoms with van der Waals surface area (Å²) < 4.78 is 5.78. The van der Waals surface area contributed by atoms with E-state index in [-0.39, 0.29) is 0 Å². The fourth-order valence-corrected chi connectivity index (χ4v) is 2.53. The molecule has 0 aromatic rings. The van der Waals surface area contributed by atoms with E-state index in [1.165, 1.54) is 52.0 Å². The normalized spacial score (nSPS) is 30.6. The molecule has 0 amide bonds. The van der Waals surface area contributed by atoms with E-state index in [1.807, 2.05) is 0 Å².